The van der Waals surface area contributed by atoms with Crippen LogP contribution in [-0.4, -0.2) is 21.2 Å². The lowest BCUT2D eigenvalue weighted by Crippen LogP contribution is -2.13. The Morgan fingerprint density at radius 3 is 2.55 bits per heavy atom. The number of phenols is 2. The third-order valence-corrected chi connectivity index (χ3v) is 3.20. The fourth-order valence-corrected chi connectivity index (χ4v) is 2.07. The highest BCUT2D eigenvalue weighted by atomic mass is 16.3. The zero-order valence-corrected chi connectivity index (χ0v) is 11.9. The Morgan fingerprint density at radius 1 is 1.14 bits per heavy atom. The minimum Gasteiger partial charge on any atom is -0.508 e. The molecule has 2 aromatic carbocycles. The van der Waals surface area contributed by atoms with Gasteiger partial charge in [0.1, 0.15) is 17.3 Å². The average Bonchev–Trinajstić information content (AvgIpc) is 2.46. The number of anilines is 1. The normalized spacial score (nSPS) is 10.2. The van der Waals surface area contributed by atoms with Crippen molar-refractivity contribution in [2.24, 2.45) is 0 Å². The third-order valence-electron chi connectivity index (χ3n) is 3.20. The van der Waals surface area contributed by atoms with Crippen LogP contribution in [0, 0.1) is 0 Å². The molecular weight excluding hydrogens is 282 g/mol. The van der Waals surface area contributed by atoms with Crippen molar-refractivity contribution >= 4 is 17.4 Å². The summed E-state index contributed by atoms with van der Waals surface area (Å²) in [6.07, 6.45) is 0.491. The highest BCUT2D eigenvalue weighted by Crippen LogP contribution is 2.24. The fraction of sp³-hybridized carbons (Fsp3) is 0.118. The zero-order valence-electron chi connectivity index (χ0n) is 11.9. The number of hydrogen-bond acceptors (Lipinski definition) is 4. The smallest absolute Gasteiger partial charge is 0.224 e. The van der Waals surface area contributed by atoms with Crippen LogP contribution in [0.15, 0.2) is 49.0 Å². The minimum atomic E-state index is -0.249. The van der Waals surface area contributed by atoms with E-state index in [2.05, 4.69) is 11.9 Å². The lowest BCUT2D eigenvalue weighted by Gasteiger charge is -2.10. The number of carbonyl (C=O) groups excluding carboxylic acids is 1. The fourth-order valence-electron chi connectivity index (χ4n) is 2.07. The van der Waals surface area contributed by atoms with Gasteiger partial charge in [-0.1, -0.05) is 24.8 Å². The molecule has 0 saturated heterocycles. The van der Waals surface area contributed by atoms with Gasteiger partial charge in [-0.15, -0.1) is 0 Å². The SMILES string of the molecule is C=C(O)c1ccccc1NC(=O)CCc1ccc(O)cc1O. The van der Waals surface area contributed by atoms with Crippen molar-refractivity contribution in [2.45, 2.75) is 12.8 Å². The molecule has 4 N–H and O–H groups in total. The van der Waals surface area contributed by atoms with E-state index in [-0.39, 0.29) is 29.6 Å². The number of hydrogen-bond donors (Lipinski definition) is 4. The number of aliphatic hydroxyl groups excluding tert-OH is 1. The molecule has 114 valence electrons. The maximum absolute atomic E-state index is 12.0. The predicted molar refractivity (Wildman–Crippen MR) is 84.8 cm³/mol. The van der Waals surface area contributed by atoms with Crippen LogP contribution in [0.1, 0.15) is 17.5 Å². The van der Waals surface area contributed by atoms with Crippen LogP contribution in [0.2, 0.25) is 0 Å². The Labute approximate surface area is 128 Å². The van der Waals surface area contributed by atoms with E-state index in [1.165, 1.54) is 12.1 Å². The summed E-state index contributed by atoms with van der Waals surface area (Å²) in [5, 5.41) is 31.1. The maximum atomic E-state index is 12.0. The number of nitrogens with one attached hydrogen (secondary N) is 1. The predicted octanol–water partition coefficient (Wildman–Crippen LogP) is 3.20. The summed E-state index contributed by atoms with van der Waals surface area (Å²) >= 11 is 0. The van der Waals surface area contributed by atoms with Gasteiger partial charge in [-0.3, -0.25) is 4.79 Å². The van der Waals surface area contributed by atoms with Crippen molar-refractivity contribution in [1.29, 1.82) is 0 Å². The Kier molecular flexibility index (Phi) is 4.68. The number of rotatable bonds is 5. The molecule has 0 aliphatic carbocycles. The first kappa shape index (κ1) is 15.4. The monoisotopic (exact) mass is 299 g/mol. The molecule has 0 atom stereocenters. The van der Waals surface area contributed by atoms with E-state index in [1.807, 2.05) is 0 Å². The van der Waals surface area contributed by atoms with E-state index < -0.39 is 0 Å². The van der Waals surface area contributed by atoms with Crippen LogP contribution >= 0.6 is 0 Å². The average molecular weight is 299 g/mol. The van der Waals surface area contributed by atoms with E-state index >= 15 is 0 Å². The van der Waals surface area contributed by atoms with E-state index in [9.17, 15) is 20.1 Å². The van der Waals surface area contributed by atoms with Gasteiger partial charge in [0.25, 0.3) is 0 Å². The molecule has 5 heteroatoms. The van der Waals surface area contributed by atoms with E-state index in [0.29, 0.717) is 23.2 Å². The van der Waals surface area contributed by atoms with Crippen molar-refractivity contribution < 1.29 is 20.1 Å². The summed E-state index contributed by atoms with van der Waals surface area (Å²) in [6.45, 7) is 3.45. The number of benzene rings is 2. The van der Waals surface area contributed by atoms with Crippen LogP contribution in [0.3, 0.4) is 0 Å². The molecular formula is C17H17NO4. The van der Waals surface area contributed by atoms with E-state index in [4.69, 9.17) is 0 Å². The van der Waals surface area contributed by atoms with Crippen molar-refractivity contribution in [3.05, 3.63) is 60.2 Å². The van der Waals surface area contributed by atoms with Gasteiger partial charge < -0.3 is 20.6 Å². The third kappa shape index (κ3) is 3.79. The van der Waals surface area contributed by atoms with Gasteiger partial charge in [0.15, 0.2) is 0 Å². The zero-order chi connectivity index (χ0) is 16.1. The number of aryl methyl sites for hydroxylation is 1. The van der Waals surface area contributed by atoms with Gasteiger partial charge in [0.05, 0.1) is 5.69 Å². The molecule has 0 aliphatic rings. The summed E-state index contributed by atoms with van der Waals surface area (Å²) in [4.78, 5) is 12.0. The largest absolute Gasteiger partial charge is 0.508 e. The second kappa shape index (κ2) is 6.67. The van der Waals surface area contributed by atoms with Crippen LogP contribution in [0.5, 0.6) is 11.5 Å². The molecule has 0 heterocycles. The van der Waals surface area contributed by atoms with Gasteiger partial charge >= 0.3 is 0 Å². The molecule has 0 spiro atoms. The molecule has 2 rings (SSSR count). The number of phenolic OH excluding ortho intramolecular Hbond substituents is 2. The number of amides is 1. The van der Waals surface area contributed by atoms with Crippen LogP contribution in [0.25, 0.3) is 5.76 Å². The highest BCUT2D eigenvalue weighted by Gasteiger charge is 2.10. The summed E-state index contributed by atoms with van der Waals surface area (Å²) in [7, 11) is 0. The highest BCUT2D eigenvalue weighted by molar-refractivity contribution is 5.93. The van der Waals surface area contributed by atoms with E-state index in [1.54, 1.807) is 30.3 Å². The number of aliphatic hydroxyl groups is 1. The van der Waals surface area contributed by atoms with Gasteiger partial charge in [-0.05, 0) is 30.2 Å². The van der Waals surface area contributed by atoms with Crippen molar-refractivity contribution in [1.82, 2.24) is 0 Å². The summed E-state index contributed by atoms with van der Waals surface area (Å²) < 4.78 is 0. The Bertz CT molecular complexity index is 710. The quantitative estimate of drug-likeness (QED) is 0.638. The summed E-state index contributed by atoms with van der Waals surface area (Å²) in [5.74, 6) is -0.439. The molecule has 5 nitrogen and oxygen atoms in total. The maximum Gasteiger partial charge on any atom is 0.224 e. The molecule has 0 unspecified atom stereocenters. The molecule has 0 aliphatic heterocycles. The molecule has 0 bridgehead atoms. The molecule has 1 amide bonds. The lowest BCUT2D eigenvalue weighted by atomic mass is 10.1. The van der Waals surface area contributed by atoms with E-state index in [0.717, 1.165) is 0 Å². The minimum absolute atomic E-state index is 0.0268. The molecule has 22 heavy (non-hydrogen) atoms. The summed E-state index contributed by atoms with van der Waals surface area (Å²) in [6, 6.07) is 11.1. The first-order valence-corrected chi connectivity index (χ1v) is 6.75. The van der Waals surface area contributed by atoms with Crippen molar-refractivity contribution in [2.75, 3.05) is 5.32 Å². The van der Waals surface area contributed by atoms with Gasteiger partial charge in [0, 0.05) is 18.1 Å². The van der Waals surface area contributed by atoms with Crippen LogP contribution in [0.4, 0.5) is 5.69 Å². The Hall–Kier alpha value is -2.95. The molecule has 2 aromatic rings. The molecule has 0 saturated carbocycles. The lowest BCUT2D eigenvalue weighted by molar-refractivity contribution is -0.116. The van der Waals surface area contributed by atoms with Crippen LogP contribution in [-0.2, 0) is 11.2 Å². The Morgan fingerprint density at radius 2 is 1.86 bits per heavy atom. The number of para-hydroxylation sites is 1. The molecule has 0 radical (unpaired) electrons. The van der Waals surface area contributed by atoms with Crippen molar-refractivity contribution in [3.63, 3.8) is 0 Å². The standard InChI is InChI=1S/C17H17NO4/c1-11(19)14-4-2-3-5-15(14)18-17(22)9-7-12-6-8-13(20)10-16(12)21/h2-6,8,10,19-21H,1,7,9H2,(H,18,22). The topological polar surface area (TPSA) is 89.8 Å². The van der Waals surface area contributed by atoms with Gasteiger partial charge in [-0.2, -0.15) is 0 Å². The Balaban J connectivity index is 2.00. The van der Waals surface area contributed by atoms with Crippen molar-refractivity contribution in [3.8, 4) is 11.5 Å². The van der Waals surface area contributed by atoms with Gasteiger partial charge in [-0.25, -0.2) is 0 Å². The van der Waals surface area contributed by atoms with Crippen LogP contribution < -0.4 is 5.32 Å². The second-order valence-electron chi connectivity index (χ2n) is 4.85. The second-order valence-corrected chi connectivity index (χ2v) is 4.85. The number of aromatic hydroxyl groups is 2. The molecule has 0 fully saturated rings. The first-order chi connectivity index (χ1) is 10.5. The van der Waals surface area contributed by atoms with Gasteiger partial charge in [0.2, 0.25) is 5.91 Å². The molecule has 0 aromatic heterocycles. The summed E-state index contributed by atoms with van der Waals surface area (Å²) in [5.41, 5.74) is 1.52. The first-order valence-electron chi connectivity index (χ1n) is 6.75. The number of carbonyl (C=O) groups is 1.